The molecule has 10 heteroatoms. The maximum absolute atomic E-state index is 11.3. The van der Waals surface area contributed by atoms with Gasteiger partial charge in [0, 0.05) is 0 Å². The van der Waals surface area contributed by atoms with Gasteiger partial charge in [0.1, 0.15) is 24.4 Å². The molecule has 2 unspecified atom stereocenters. The molecular weight excluding hydrogens is 266 g/mol. The van der Waals surface area contributed by atoms with Crippen LogP contribution in [-0.2, 0) is 9.53 Å². The highest BCUT2D eigenvalue weighted by Gasteiger charge is 2.60. The van der Waals surface area contributed by atoms with Gasteiger partial charge in [-0.1, -0.05) is 0 Å². The number of nitrogens with two attached hydrogens (primary N) is 1. The third kappa shape index (κ3) is 2.70. The number of carbonyl (C=O) groups excluding carboxylic acids is 1. The van der Waals surface area contributed by atoms with Gasteiger partial charge in [0.15, 0.2) is 12.2 Å². The van der Waals surface area contributed by atoms with E-state index in [1.165, 1.54) is 0 Å². The van der Waals surface area contributed by atoms with Crippen molar-refractivity contribution in [3.8, 4) is 0 Å². The maximum Gasteiger partial charge on any atom is 0.328 e. The lowest BCUT2D eigenvalue weighted by Crippen LogP contribution is -2.72. The molecule has 0 amide bonds. The second-order valence-corrected chi connectivity index (χ2v) is 4.32. The molecule has 7 atom stereocenters. The van der Waals surface area contributed by atoms with E-state index in [9.17, 15) is 35.4 Å². The molecule has 0 aromatic heterocycles. The van der Waals surface area contributed by atoms with Gasteiger partial charge in [-0.3, -0.25) is 4.79 Å². The zero-order valence-corrected chi connectivity index (χ0v) is 9.70. The Hall–Kier alpha value is -0.850. The molecule has 1 fully saturated rings. The lowest BCUT2D eigenvalue weighted by atomic mass is 9.82. The first-order valence-electron chi connectivity index (χ1n) is 5.38. The Morgan fingerprint density at radius 3 is 1.89 bits per heavy atom. The van der Waals surface area contributed by atoms with Crippen molar-refractivity contribution in [2.45, 2.75) is 42.3 Å². The van der Waals surface area contributed by atoms with Crippen LogP contribution in [-0.4, -0.2) is 90.7 Å². The largest absolute Gasteiger partial charge is 0.426 e. The number of rotatable bonds is 3. The third-order valence-electron chi connectivity index (χ3n) is 2.96. The van der Waals surface area contributed by atoms with Crippen LogP contribution in [0.1, 0.15) is 0 Å². The van der Waals surface area contributed by atoms with Crippen molar-refractivity contribution in [3.63, 3.8) is 0 Å². The summed E-state index contributed by atoms with van der Waals surface area (Å²) < 4.78 is 4.35. The number of aliphatic hydroxyl groups is 7. The highest BCUT2D eigenvalue weighted by Crippen LogP contribution is 2.31. The van der Waals surface area contributed by atoms with Gasteiger partial charge < -0.3 is 46.2 Å². The molecule has 0 radical (unpaired) electrons. The lowest BCUT2D eigenvalue weighted by molar-refractivity contribution is -0.348. The molecule has 1 rings (SSSR count). The van der Waals surface area contributed by atoms with Crippen molar-refractivity contribution in [1.29, 1.82) is 0 Å². The van der Waals surface area contributed by atoms with Crippen molar-refractivity contribution in [2.75, 3.05) is 6.61 Å². The van der Waals surface area contributed by atoms with Crippen LogP contribution < -0.4 is 5.73 Å². The van der Waals surface area contributed by atoms with E-state index in [0.717, 1.165) is 0 Å². The molecule has 9 N–H and O–H groups in total. The number of aliphatic hydroxyl groups excluding tert-OH is 6. The maximum atomic E-state index is 11.3. The standard InChI is InChI=1S/C9H17NO9/c10-2(1-11)8(17)19-9(18)6(15)4(13)3(12)5(14)7(9)16/h2-7,11-16,18H,1,10H2/t2-,3?,4-,5+,6+,7+,9?/m0/s1. The molecule has 0 aliphatic heterocycles. The van der Waals surface area contributed by atoms with Crippen LogP contribution in [0, 0.1) is 0 Å². The summed E-state index contributed by atoms with van der Waals surface area (Å²) in [5, 5.41) is 65.6. The van der Waals surface area contributed by atoms with Crippen LogP contribution in [0.5, 0.6) is 0 Å². The normalized spacial score (nSPS) is 44.7. The van der Waals surface area contributed by atoms with E-state index >= 15 is 0 Å². The molecule has 10 nitrogen and oxygen atoms in total. The van der Waals surface area contributed by atoms with Crippen LogP contribution in [0.2, 0.25) is 0 Å². The van der Waals surface area contributed by atoms with E-state index in [1.807, 2.05) is 0 Å². The van der Waals surface area contributed by atoms with Crippen LogP contribution in [0.3, 0.4) is 0 Å². The first kappa shape index (κ1) is 16.2. The minimum absolute atomic E-state index is 0.825. The van der Waals surface area contributed by atoms with Gasteiger partial charge in [0.05, 0.1) is 6.61 Å². The molecule has 19 heavy (non-hydrogen) atoms. The van der Waals surface area contributed by atoms with Crippen molar-refractivity contribution < 1.29 is 45.3 Å². The van der Waals surface area contributed by atoms with Crippen LogP contribution in [0.15, 0.2) is 0 Å². The Bertz CT molecular complexity index is 322. The average molecular weight is 283 g/mol. The monoisotopic (exact) mass is 283 g/mol. The van der Waals surface area contributed by atoms with Crippen LogP contribution in [0.25, 0.3) is 0 Å². The Morgan fingerprint density at radius 1 is 1.11 bits per heavy atom. The highest BCUT2D eigenvalue weighted by molar-refractivity contribution is 5.76. The predicted octanol–water partition coefficient (Wildman–Crippen LogP) is -5.64. The van der Waals surface area contributed by atoms with Crippen molar-refractivity contribution in [2.24, 2.45) is 5.73 Å². The second kappa shape index (κ2) is 5.64. The molecule has 112 valence electrons. The molecule has 0 aromatic carbocycles. The van der Waals surface area contributed by atoms with E-state index in [4.69, 9.17) is 10.8 Å². The Balaban J connectivity index is 2.97. The molecule has 0 aromatic rings. The van der Waals surface area contributed by atoms with Gasteiger partial charge in [0.2, 0.25) is 0 Å². The summed E-state index contributed by atoms with van der Waals surface area (Å²) in [6, 6.07) is -1.55. The van der Waals surface area contributed by atoms with Gasteiger partial charge in [-0.2, -0.15) is 0 Å². The van der Waals surface area contributed by atoms with Crippen molar-refractivity contribution in [1.82, 2.24) is 0 Å². The van der Waals surface area contributed by atoms with Crippen molar-refractivity contribution in [3.05, 3.63) is 0 Å². The van der Waals surface area contributed by atoms with Gasteiger partial charge in [-0.15, -0.1) is 0 Å². The SMILES string of the molecule is N[C@@H](CO)C(=O)OC1(O)[C@H](O)[C@H](O)C(O)[C@H](O)[C@H]1O. The number of hydrogen-bond donors (Lipinski definition) is 8. The summed E-state index contributed by atoms with van der Waals surface area (Å²) in [7, 11) is 0. The van der Waals surface area contributed by atoms with E-state index < -0.39 is 54.9 Å². The predicted molar refractivity (Wildman–Crippen MR) is 56.1 cm³/mol. The second-order valence-electron chi connectivity index (χ2n) is 4.32. The van der Waals surface area contributed by atoms with Gasteiger partial charge in [0.25, 0.3) is 5.79 Å². The fourth-order valence-corrected chi connectivity index (χ4v) is 1.67. The zero-order valence-electron chi connectivity index (χ0n) is 9.70. The first-order valence-corrected chi connectivity index (χ1v) is 5.38. The number of esters is 1. The number of ether oxygens (including phenoxy) is 1. The van der Waals surface area contributed by atoms with Crippen LogP contribution in [0.4, 0.5) is 0 Å². The Kier molecular flexibility index (Phi) is 4.81. The van der Waals surface area contributed by atoms with E-state index in [-0.39, 0.29) is 0 Å². The first-order chi connectivity index (χ1) is 8.66. The number of hydrogen-bond acceptors (Lipinski definition) is 10. The fourth-order valence-electron chi connectivity index (χ4n) is 1.67. The summed E-state index contributed by atoms with van der Waals surface area (Å²) >= 11 is 0. The molecule has 1 aliphatic carbocycles. The molecule has 0 spiro atoms. The van der Waals surface area contributed by atoms with E-state index in [2.05, 4.69) is 4.74 Å². The molecule has 1 aliphatic rings. The minimum Gasteiger partial charge on any atom is -0.426 e. The molecule has 1 saturated carbocycles. The smallest absolute Gasteiger partial charge is 0.328 e. The number of carbonyl (C=O) groups is 1. The molecule has 0 saturated heterocycles. The van der Waals surface area contributed by atoms with Gasteiger partial charge >= 0.3 is 5.97 Å². The minimum atomic E-state index is -3.07. The summed E-state index contributed by atoms with van der Waals surface area (Å²) in [5.41, 5.74) is 5.11. The van der Waals surface area contributed by atoms with E-state index in [1.54, 1.807) is 0 Å². The zero-order chi connectivity index (χ0) is 15.0. The Morgan fingerprint density at radius 2 is 1.53 bits per heavy atom. The summed E-state index contributed by atoms with van der Waals surface area (Å²) in [6.07, 6.45) is -10.6. The summed E-state index contributed by atoms with van der Waals surface area (Å²) in [6.45, 7) is -0.825. The average Bonchev–Trinajstić information content (AvgIpc) is 2.40. The van der Waals surface area contributed by atoms with Gasteiger partial charge in [-0.25, -0.2) is 0 Å². The third-order valence-corrected chi connectivity index (χ3v) is 2.96. The van der Waals surface area contributed by atoms with Gasteiger partial charge in [-0.05, 0) is 0 Å². The summed E-state index contributed by atoms with van der Waals surface area (Å²) in [5.74, 6) is -4.44. The fraction of sp³-hybridized carbons (Fsp3) is 0.889. The Labute approximate surface area is 107 Å². The quantitative estimate of drug-likeness (QED) is 0.183. The summed E-state index contributed by atoms with van der Waals surface area (Å²) in [4.78, 5) is 11.3. The topological polar surface area (TPSA) is 194 Å². The van der Waals surface area contributed by atoms with Crippen LogP contribution >= 0.6 is 0 Å². The van der Waals surface area contributed by atoms with Crippen molar-refractivity contribution >= 4 is 5.97 Å². The molecular formula is C9H17NO9. The van der Waals surface area contributed by atoms with E-state index in [0.29, 0.717) is 0 Å². The lowest BCUT2D eigenvalue weighted by Gasteiger charge is -2.46. The molecule has 0 bridgehead atoms. The highest BCUT2D eigenvalue weighted by atomic mass is 16.7. The molecule has 0 heterocycles.